The fourth-order valence-corrected chi connectivity index (χ4v) is 2.38. The molecule has 0 spiro atoms. The van der Waals surface area contributed by atoms with Crippen molar-refractivity contribution in [1.82, 2.24) is 5.32 Å². The molecule has 0 amide bonds. The van der Waals surface area contributed by atoms with E-state index in [4.69, 9.17) is 0 Å². The van der Waals surface area contributed by atoms with Gasteiger partial charge in [-0.3, -0.25) is 0 Å². The van der Waals surface area contributed by atoms with E-state index in [9.17, 15) is 8.78 Å². The Balaban J connectivity index is 2.09. The summed E-state index contributed by atoms with van der Waals surface area (Å²) in [6.07, 6.45) is 0. The molecular formula is C18H21F2N. The van der Waals surface area contributed by atoms with Crippen LogP contribution in [-0.2, 0) is 6.54 Å². The molecule has 0 fully saturated rings. The molecule has 1 N–H and O–H groups in total. The van der Waals surface area contributed by atoms with Gasteiger partial charge in [0.1, 0.15) is 11.6 Å². The predicted octanol–water partition coefficient (Wildman–Crippen LogP) is 4.76. The summed E-state index contributed by atoms with van der Waals surface area (Å²) in [5, 5.41) is 3.43. The fraction of sp³-hybridized carbons (Fsp3) is 0.333. The molecule has 1 atom stereocenters. The largest absolute Gasteiger partial charge is 0.306 e. The van der Waals surface area contributed by atoms with Gasteiger partial charge < -0.3 is 5.32 Å². The summed E-state index contributed by atoms with van der Waals surface area (Å²) in [7, 11) is 0. The van der Waals surface area contributed by atoms with E-state index in [1.54, 1.807) is 31.2 Å². The fourth-order valence-electron chi connectivity index (χ4n) is 2.38. The van der Waals surface area contributed by atoms with E-state index in [1.807, 2.05) is 6.07 Å². The second-order valence-corrected chi connectivity index (χ2v) is 5.74. The number of hydrogen-bond acceptors (Lipinski definition) is 1. The molecular weight excluding hydrogens is 268 g/mol. The van der Waals surface area contributed by atoms with Crippen molar-refractivity contribution in [2.45, 2.75) is 33.4 Å². The Kier molecular flexibility index (Phi) is 5.07. The minimum absolute atomic E-state index is 0.106. The van der Waals surface area contributed by atoms with Crippen molar-refractivity contribution in [2.75, 3.05) is 0 Å². The maximum atomic E-state index is 13.6. The summed E-state index contributed by atoms with van der Waals surface area (Å²) in [6.45, 7) is 6.55. The van der Waals surface area contributed by atoms with Gasteiger partial charge in [0.25, 0.3) is 0 Å². The van der Waals surface area contributed by atoms with Crippen LogP contribution in [0.1, 0.15) is 36.6 Å². The highest BCUT2D eigenvalue weighted by Gasteiger charge is 2.15. The van der Waals surface area contributed by atoms with Gasteiger partial charge in [0.05, 0.1) is 0 Å². The van der Waals surface area contributed by atoms with Gasteiger partial charge in [-0.2, -0.15) is 0 Å². The van der Waals surface area contributed by atoms with E-state index in [0.717, 1.165) is 11.1 Å². The van der Waals surface area contributed by atoms with Crippen LogP contribution >= 0.6 is 0 Å². The van der Waals surface area contributed by atoms with Crippen molar-refractivity contribution < 1.29 is 8.78 Å². The molecule has 0 aliphatic carbocycles. The minimum Gasteiger partial charge on any atom is -0.306 e. The molecule has 0 radical (unpaired) electrons. The van der Waals surface area contributed by atoms with Crippen LogP contribution in [0.15, 0.2) is 42.5 Å². The maximum Gasteiger partial charge on any atom is 0.126 e. The third-order valence-corrected chi connectivity index (χ3v) is 3.66. The number of aryl methyl sites for hydroxylation is 1. The Morgan fingerprint density at radius 2 is 1.67 bits per heavy atom. The Labute approximate surface area is 125 Å². The first-order valence-electron chi connectivity index (χ1n) is 7.21. The number of benzene rings is 2. The Hall–Kier alpha value is -1.74. The second-order valence-electron chi connectivity index (χ2n) is 5.74. The Morgan fingerprint density at radius 3 is 2.24 bits per heavy atom. The number of rotatable bonds is 5. The number of halogens is 2. The molecule has 112 valence electrons. The highest BCUT2D eigenvalue weighted by atomic mass is 19.1. The molecule has 3 heteroatoms. The van der Waals surface area contributed by atoms with Crippen LogP contribution in [0, 0.1) is 24.5 Å². The van der Waals surface area contributed by atoms with E-state index in [-0.39, 0.29) is 17.7 Å². The molecule has 1 nitrogen and oxygen atoms in total. The smallest absolute Gasteiger partial charge is 0.126 e. The maximum absolute atomic E-state index is 13.6. The van der Waals surface area contributed by atoms with E-state index in [0.29, 0.717) is 18.0 Å². The van der Waals surface area contributed by atoms with Gasteiger partial charge in [-0.25, -0.2) is 8.78 Å². The van der Waals surface area contributed by atoms with Gasteiger partial charge in [-0.05, 0) is 47.7 Å². The summed E-state index contributed by atoms with van der Waals surface area (Å²) in [5.41, 5.74) is 2.60. The highest BCUT2D eigenvalue weighted by Crippen LogP contribution is 2.22. The Bertz CT molecular complexity index is 591. The topological polar surface area (TPSA) is 12.0 Å². The molecule has 21 heavy (non-hydrogen) atoms. The zero-order valence-electron chi connectivity index (χ0n) is 12.7. The van der Waals surface area contributed by atoms with E-state index < -0.39 is 0 Å². The van der Waals surface area contributed by atoms with Crippen molar-refractivity contribution in [2.24, 2.45) is 5.92 Å². The van der Waals surface area contributed by atoms with Gasteiger partial charge in [-0.1, -0.05) is 38.1 Å². The first kappa shape index (κ1) is 15.6. The van der Waals surface area contributed by atoms with Crippen molar-refractivity contribution in [3.05, 3.63) is 70.8 Å². The zero-order valence-corrected chi connectivity index (χ0v) is 12.7. The van der Waals surface area contributed by atoms with E-state index >= 15 is 0 Å². The third kappa shape index (κ3) is 4.11. The lowest BCUT2D eigenvalue weighted by Gasteiger charge is -2.23. The SMILES string of the molecule is Cc1ccc(CNC(c2ccc(F)cc2)C(C)C)cc1F. The molecule has 2 rings (SSSR count). The lowest BCUT2D eigenvalue weighted by atomic mass is 9.95. The first-order valence-corrected chi connectivity index (χ1v) is 7.21. The molecule has 0 saturated carbocycles. The van der Waals surface area contributed by atoms with Crippen LogP contribution < -0.4 is 5.32 Å². The van der Waals surface area contributed by atoms with Crippen LogP contribution in [0.3, 0.4) is 0 Å². The molecule has 2 aromatic rings. The van der Waals surface area contributed by atoms with Crippen molar-refractivity contribution >= 4 is 0 Å². The summed E-state index contributed by atoms with van der Waals surface area (Å²) in [4.78, 5) is 0. The molecule has 0 saturated heterocycles. The quantitative estimate of drug-likeness (QED) is 0.836. The molecule has 0 aromatic heterocycles. The van der Waals surface area contributed by atoms with Crippen LogP contribution in [0.25, 0.3) is 0 Å². The predicted molar refractivity (Wildman–Crippen MR) is 82.0 cm³/mol. The van der Waals surface area contributed by atoms with Crippen molar-refractivity contribution in [1.29, 1.82) is 0 Å². The third-order valence-electron chi connectivity index (χ3n) is 3.66. The molecule has 1 unspecified atom stereocenters. The number of hydrogen-bond donors (Lipinski definition) is 1. The summed E-state index contributed by atoms with van der Waals surface area (Å²) in [5.74, 6) is -0.0650. The summed E-state index contributed by atoms with van der Waals surface area (Å²) >= 11 is 0. The monoisotopic (exact) mass is 289 g/mol. The lowest BCUT2D eigenvalue weighted by molar-refractivity contribution is 0.409. The van der Waals surface area contributed by atoms with Crippen LogP contribution in [0.5, 0.6) is 0 Å². The number of nitrogens with one attached hydrogen (secondary N) is 1. The van der Waals surface area contributed by atoms with E-state index in [1.165, 1.54) is 12.1 Å². The molecule has 0 heterocycles. The zero-order chi connectivity index (χ0) is 15.4. The highest BCUT2D eigenvalue weighted by molar-refractivity contribution is 5.24. The van der Waals surface area contributed by atoms with Crippen molar-refractivity contribution in [3.63, 3.8) is 0 Å². The summed E-state index contributed by atoms with van der Waals surface area (Å²) in [6, 6.07) is 11.9. The lowest BCUT2D eigenvalue weighted by Crippen LogP contribution is -2.25. The van der Waals surface area contributed by atoms with Crippen LogP contribution in [-0.4, -0.2) is 0 Å². The standard InChI is InChI=1S/C18H21F2N/c1-12(2)18(15-6-8-16(19)9-7-15)21-11-14-5-4-13(3)17(20)10-14/h4-10,12,18,21H,11H2,1-3H3. The van der Waals surface area contributed by atoms with Gasteiger partial charge in [-0.15, -0.1) is 0 Å². The van der Waals surface area contributed by atoms with Gasteiger partial charge >= 0.3 is 0 Å². The first-order chi connectivity index (χ1) is 9.97. The van der Waals surface area contributed by atoms with Gasteiger partial charge in [0, 0.05) is 12.6 Å². The average Bonchev–Trinajstić information content (AvgIpc) is 2.44. The molecule has 0 aliphatic heterocycles. The summed E-state index contributed by atoms with van der Waals surface area (Å²) < 4.78 is 26.6. The van der Waals surface area contributed by atoms with Crippen LogP contribution in [0.2, 0.25) is 0 Å². The minimum atomic E-state index is -0.234. The normalized spacial score (nSPS) is 12.7. The second kappa shape index (κ2) is 6.81. The average molecular weight is 289 g/mol. The van der Waals surface area contributed by atoms with Crippen LogP contribution in [0.4, 0.5) is 8.78 Å². The van der Waals surface area contributed by atoms with Gasteiger partial charge in [0.15, 0.2) is 0 Å². The van der Waals surface area contributed by atoms with Crippen molar-refractivity contribution in [3.8, 4) is 0 Å². The molecule has 2 aromatic carbocycles. The molecule has 0 bridgehead atoms. The Morgan fingerprint density at radius 1 is 1.00 bits per heavy atom. The van der Waals surface area contributed by atoms with E-state index in [2.05, 4.69) is 19.2 Å². The van der Waals surface area contributed by atoms with Gasteiger partial charge in [0.2, 0.25) is 0 Å². The molecule has 0 aliphatic rings.